The van der Waals surface area contributed by atoms with Gasteiger partial charge in [0.25, 0.3) is 0 Å². The summed E-state index contributed by atoms with van der Waals surface area (Å²) in [6.45, 7) is 3.33. The predicted octanol–water partition coefficient (Wildman–Crippen LogP) is 4.70. The average Bonchev–Trinajstić information content (AvgIpc) is 2.69. The standard InChI is InChI=1S/C23H23NO2/c1-2-6-22(25)24-15-13-23(14-16-24)12-11-20-17-19(9-10-21(20)26-23)18-7-4-3-5-8-18/h2-12,17H,13-16H2,1H3/b6-2+. The Kier molecular flexibility index (Phi) is 4.37. The first-order valence-electron chi connectivity index (χ1n) is 9.18. The molecular weight excluding hydrogens is 322 g/mol. The molecule has 1 amide bonds. The Balaban J connectivity index is 1.51. The lowest BCUT2D eigenvalue weighted by Crippen LogP contribution is -2.49. The van der Waals surface area contributed by atoms with Gasteiger partial charge in [-0.25, -0.2) is 0 Å². The maximum absolute atomic E-state index is 12.0. The van der Waals surface area contributed by atoms with Gasteiger partial charge in [0.2, 0.25) is 5.91 Å². The normalized spacial score (nSPS) is 18.0. The number of amides is 1. The third-order valence-electron chi connectivity index (χ3n) is 5.23. The van der Waals surface area contributed by atoms with Crippen LogP contribution < -0.4 is 4.74 Å². The molecule has 0 aromatic heterocycles. The molecule has 0 unspecified atom stereocenters. The smallest absolute Gasteiger partial charge is 0.246 e. The second-order valence-electron chi connectivity index (χ2n) is 6.94. The van der Waals surface area contributed by atoms with E-state index in [1.54, 1.807) is 12.2 Å². The van der Waals surface area contributed by atoms with Crippen LogP contribution in [0.1, 0.15) is 25.3 Å². The fraction of sp³-hybridized carbons (Fsp3) is 0.261. The molecule has 132 valence electrons. The molecule has 0 radical (unpaired) electrons. The largest absolute Gasteiger partial charge is 0.482 e. The number of piperidine rings is 1. The number of fused-ring (bicyclic) bond motifs is 1. The Morgan fingerprint density at radius 3 is 2.58 bits per heavy atom. The van der Waals surface area contributed by atoms with Crippen molar-refractivity contribution < 1.29 is 9.53 Å². The lowest BCUT2D eigenvalue weighted by molar-refractivity contribution is -0.128. The van der Waals surface area contributed by atoms with E-state index in [1.165, 1.54) is 11.1 Å². The Morgan fingerprint density at radius 1 is 1.08 bits per heavy atom. The number of carbonyl (C=O) groups is 1. The molecule has 0 aliphatic carbocycles. The van der Waals surface area contributed by atoms with Crippen LogP contribution in [0.4, 0.5) is 0 Å². The molecule has 2 aliphatic heterocycles. The van der Waals surface area contributed by atoms with Crippen molar-refractivity contribution in [2.45, 2.75) is 25.4 Å². The summed E-state index contributed by atoms with van der Waals surface area (Å²) in [6.07, 6.45) is 9.44. The molecule has 0 bridgehead atoms. The third-order valence-corrected chi connectivity index (χ3v) is 5.23. The summed E-state index contributed by atoms with van der Waals surface area (Å²) >= 11 is 0. The monoisotopic (exact) mass is 345 g/mol. The first-order valence-corrected chi connectivity index (χ1v) is 9.18. The minimum absolute atomic E-state index is 0.0926. The van der Waals surface area contributed by atoms with Crippen LogP contribution in [0.2, 0.25) is 0 Å². The molecule has 2 aliphatic rings. The zero-order chi connectivity index (χ0) is 18.0. The van der Waals surface area contributed by atoms with E-state index in [4.69, 9.17) is 4.74 Å². The molecule has 2 aromatic rings. The first kappa shape index (κ1) is 16.6. The summed E-state index contributed by atoms with van der Waals surface area (Å²) < 4.78 is 6.40. The maximum Gasteiger partial charge on any atom is 0.246 e. The second kappa shape index (κ2) is 6.83. The summed E-state index contributed by atoms with van der Waals surface area (Å²) in [6, 6.07) is 16.7. The predicted molar refractivity (Wildman–Crippen MR) is 105 cm³/mol. The number of ether oxygens (including phenoxy) is 1. The molecule has 0 atom stereocenters. The molecule has 2 heterocycles. The van der Waals surface area contributed by atoms with E-state index < -0.39 is 0 Å². The van der Waals surface area contributed by atoms with Gasteiger partial charge in [-0.2, -0.15) is 0 Å². The van der Waals surface area contributed by atoms with Crippen LogP contribution in [0.5, 0.6) is 5.75 Å². The molecule has 1 fully saturated rings. The molecule has 26 heavy (non-hydrogen) atoms. The van der Waals surface area contributed by atoms with Gasteiger partial charge in [-0.3, -0.25) is 4.79 Å². The maximum atomic E-state index is 12.0. The number of hydrogen-bond donors (Lipinski definition) is 0. The van der Waals surface area contributed by atoms with Gasteiger partial charge in [0, 0.05) is 31.5 Å². The highest BCUT2D eigenvalue weighted by molar-refractivity contribution is 5.87. The van der Waals surface area contributed by atoms with Gasteiger partial charge in [0.15, 0.2) is 0 Å². The molecule has 0 N–H and O–H groups in total. The number of rotatable bonds is 2. The van der Waals surface area contributed by atoms with Crippen LogP contribution in [-0.2, 0) is 4.79 Å². The van der Waals surface area contributed by atoms with Crippen LogP contribution in [0.3, 0.4) is 0 Å². The van der Waals surface area contributed by atoms with Crippen molar-refractivity contribution in [3.8, 4) is 16.9 Å². The highest BCUT2D eigenvalue weighted by Crippen LogP contribution is 2.38. The Labute approximate surface area is 154 Å². The molecule has 3 heteroatoms. The van der Waals surface area contributed by atoms with E-state index in [0.717, 1.165) is 37.2 Å². The number of carbonyl (C=O) groups excluding carboxylic acids is 1. The lowest BCUT2D eigenvalue weighted by Gasteiger charge is -2.41. The number of allylic oxidation sites excluding steroid dienone is 1. The molecule has 2 aromatic carbocycles. The minimum atomic E-state index is -0.284. The van der Waals surface area contributed by atoms with Crippen molar-refractivity contribution in [1.29, 1.82) is 0 Å². The van der Waals surface area contributed by atoms with Crippen molar-refractivity contribution in [3.63, 3.8) is 0 Å². The fourth-order valence-corrected chi connectivity index (χ4v) is 3.70. The van der Waals surface area contributed by atoms with Crippen molar-refractivity contribution in [3.05, 3.63) is 72.3 Å². The van der Waals surface area contributed by atoms with Gasteiger partial charge in [0.05, 0.1) is 0 Å². The van der Waals surface area contributed by atoms with Crippen molar-refractivity contribution >= 4 is 12.0 Å². The fourth-order valence-electron chi connectivity index (χ4n) is 3.70. The van der Waals surface area contributed by atoms with Crippen molar-refractivity contribution in [2.24, 2.45) is 0 Å². The summed E-state index contributed by atoms with van der Waals surface area (Å²) in [7, 11) is 0. The SMILES string of the molecule is C/C=C/C(=O)N1CCC2(C=Cc3cc(-c4ccccc4)ccc3O2)CC1. The highest BCUT2D eigenvalue weighted by atomic mass is 16.5. The summed E-state index contributed by atoms with van der Waals surface area (Å²) in [4.78, 5) is 13.9. The van der Waals surface area contributed by atoms with Gasteiger partial charge in [-0.05, 0) is 42.3 Å². The first-order chi connectivity index (χ1) is 12.7. The average molecular weight is 345 g/mol. The molecule has 3 nitrogen and oxygen atoms in total. The van der Waals surface area contributed by atoms with Crippen LogP contribution in [0.15, 0.2) is 66.8 Å². The van der Waals surface area contributed by atoms with E-state index in [2.05, 4.69) is 54.6 Å². The van der Waals surface area contributed by atoms with Gasteiger partial charge < -0.3 is 9.64 Å². The van der Waals surface area contributed by atoms with Crippen LogP contribution >= 0.6 is 0 Å². The lowest BCUT2D eigenvalue weighted by atomic mass is 9.87. The van der Waals surface area contributed by atoms with E-state index in [-0.39, 0.29) is 11.5 Å². The minimum Gasteiger partial charge on any atom is -0.482 e. The zero-order valence-corrected chi connectivity index (χ0v) is 15.0. The summed E-state index contributed by atoms with van der Waals surface area (Å²) in [5, 5.41) is 0. The zero-order valence-electron chi connectivity index (χ0n) is 15.0. The molecule has 1 saturated heterocycles. The van der Waals surface area contributed by atoms with Crippen molar-refractivity contribution in [2.75, 3.05) is 13.1 Å². The van der Waals surface area contributed by atoms with E-state index in [0.29, 0.717) is 0 Å². The number of nitrogens with zero attached hydrogens (tertiary/aromatic N) is 1. The molecule has 1 spiro atoms. The number of hydrogen-bond acceptors (Lipinski definition) is 2. The highest BCUT2D eigenvalue weighted by Gasteiger charge is 2.37. The second-order valence-corrected chi connectivity index (χ2v) is 6.94. The topological polar surface area (TPSA) is 29.5 Å². The van der Waals surface area contributed by atoms with E-state index in [9.17, 15) is 4.79 Å². The quantitative estimate of drug-likeness (QED) is 0.739. The van der Waals surface area contributed by atoms with Gasteiger partial charge in [0.1, 0.15) is 11.4 Å². The third kappa shape index (κ3) is 3.17. The van der Waals surface area contributed by atoms with E-state index in [1.807, 2.05) is 17.9 Å². The Morgan fingerprint density at radius 2 is 1.85 bits per heavy atom. The molecule has 0 saturated carbocycles. The van der Waals surface area contributed by atoms with Gasteiger partial charge >= 0.3 is 0 Å². The van der Waals surface area contributed by atoms with Gasteiger partial charge in [-0.1, -0.05) is 48.6 Å². The van der Waals surface area contributed by atoms with E-state index >= 15 is 0 Å². The van der Waals surface area contributed by atoms with Gasteiger partial charge in [-0.15, -0.1) is 0 Å². The molecule has 4 rings (SSSR count). The molecular formula is C23H23NO2. The summed E-state index contributed by atoms with van der Waals surface area (Å²) in [5.41, 5.74) is 3.23. The Hall–Kier alpha value is -2.81. The van der Waals surface area contributed by atoms with Crippen LogP contribution in [-0.4, -0.2) is 29.5 Å². The Bertz CT molecular complexity index is 859. The summed E-state index contributed by atoms with van der Waals surface area (Å²) in [5.74, 6) is 1.02. The van der Waals surface area contributed by atoms with Crippen LogP contribution in [0.25, 0.3) is 17.2 Å². The number of benzene rings is 2. The van der Waals surface area contributed by atoms with Crippen molar-refractivity contribution in [1.82, 2.24) is 4.90 Å². The number of likely N-dealkylation sites (tertiary alicyclic amines) is 1. The van der Waals surface area contributed by atoms with Crippen LogP contribution in [0, 0.1) is 0 Å².